The van der Waals surface area contributed by atoms with Crippen LogP contribution in [0.3, 0.4) is 0 Å². The fourth-order valence-corrected chi connectivity index (χ4v) is 6.41. The highest BCUT2D eigenvalue weighted by Gasteiger charge is 2.30. The summed E-state index contributed by atoms with van der Waals surface area (Å²) < 4.78 is 54.9. The lowest BCUT2D eigenvalue weighted by Gasteiger charge is -2.34. The molecule has 0 amide bonds. The van der Waals surface area contributed by atoms with Crippen molar-refractivity contribution in [1.82, 2.24) is 14.0 Å². The van der Waals surface area contributed by atoms with Crippen LogP contribution in [-0.2, 0) is 20.0 Å². The van der Waals surface area contributed by atoms with Crippen LogP contribution >= 0.6 is 0 Å². The first-order chi connectivity index (χ1) is 15.2. The van der Waals surface area contributed by atoms with E-state index in [2.05, 4.69) is 9.71 Å². The number of anilines is 1. The molecule has 1 saturated heterocycles. The number of nitrogens with zero attached hydrogens (tertiary/aromatic N) is 4. The van der Waals surface area contributed by atoms with Gasteiger partial charge >= 0.3 is 0 Å². The van der Waals surface area contributed by atoms with Crippen molar-refractivity contribution in [1.29, 1.82) is 5.26 Å². The number of benzene rings is 1. The number of piperazine rings is 1. The van der Waals surface area contributed by atoms with Gasteiger partial charge in [-0.3, -0.25) is 0 Å². The van der Waals surface area contributed by atoms with E-state index in [9.17, 15) is 22.1 Å². The summed E-state index contributed by atoms with van der Waals surface area (Å²) in [5.41, 5.74) is 0.121. The predicted molar refractivity (Wildman–Crippen MR) is 121 cm³/mol. The molecule has 0 bridgehead atoms. The Balaban J connectivity index is 1.67. The van der Waals surface area contributed by atoms with Crippen molar-refractivity contribution in [3.8, 4) is 6.07 Å². The van der Waals surface area contributed by atoms with Gasteiger partial charge in [0.25, 0.3) is 0 Å². The number of hydrogen-bond acceptors (Lipinski definition) is 7. The molecule has 11 heteroatoms. The molecular weight excluding hydrogens is 450 g/mol. The van der Waals surface area contributed by atoms with Gasteiger partial charge in [-0.25, -0.2) is 26.5 Å². The summed E-state index contributed by atoms with van der Waals surface area (Å²) in [6.07, 6.45) is 2.95. The first-order valence-electron chi connectivity index (χ1n) is 10.4. The maximum Gasteiger partial charge on any atom is 0.244 e. The first-order valence-corrected chi connectivity index (χ1v) is 13.3. The molecule has 2 heterocycles. The number of pyridine rings is 1. The van der Waals surface area contributed by atoms with Gasteiger partial charge in [0.15, 0.2) is 0 Å². The van der Waals surface area contributed by atoms with E-state index in [1.807, 2.05) is 24.8 Å². The lowest BCUT2D eigenvalue weighted by molar-refractivity contribution is 0.383. The first kappa shape index (κ1) is 24.1. The van der Waals surface area contributed by atoms with E-state index >= 15 is 0 Å². The van der Waals surface area contributed by atoms with Gasteiger partial charge in [0.2, 0.25) is 20.0 Å². The summed E-state index contributed by atoms with van der Waals surface area (Å²) in [6.45, 7) is 5.09. The lowest BCUT2D eigenvalue weighted by atomic mass is 10.2. The molecule has 0 saturated carbocycles. The van der Waals surface area contributed by atoms with Crippen molar-refractivity contribution in [3.05, 3.63) is 48.2 Å². The van der Waals surface area contributed by atoms with Gasteiger partial charge in [0.1, 0.15) is 16.8 Å². The summed E-state index contributed by atoms with van der Waals surface area (Å²) in [4.78, 5) is 6.30. The number of sulfonamides is 2. The van der Waals surface area contributed by atoms with Gasteiger partial charge in [-0.2, -0.15) is 9.57 Å². The second-order valence-electron chi connectivity index (χ2n) is 7.66. The van der Waals surface area contributed by atoms with E-state index in [0.29, 0.717) is 18.9 Å². The maximum atomic E-state index is 13.0. The Bertz CT molecular complexity index is 1180. The third-order valence-electron chi connectivity index (χ3n) is 5.30. The minimum Gasteiger partial charge on any atom is -0.354 e. The minimum absolute atomic E-state index is 0.00781. The van der Waals surface area contributed by atoms with Crippen LogP contribution in [0.2, 0.25) is 0 Å². The highest BCUT2D eigenvalue weighted by Crippen LogP contribution is 2.23. The number of hydrogen-bond donors (Lipinski definition) is 1. The Morgan fingerprint density at radius 1 is 1.09 bits per heavy atom. The van der Waals surface area contributed by atoms with Crippen LogP contribution in [0.1, 0.15) is 32.3 Å². The van der Waals surface area contributed by atoms with Crippen molar-refractivity contribution in [2.45, 2.75) is 42.5 Å². The average Bonchev–Trinajstić information content (AvgIpc) is 2.79. The molecule has 9 nitrogen and oxygen atoms in total. The second kappa shape index (κ2) is 9.95. The van der Waals surface area contributed by atoms with Crippen molar-refractivity contribution in [3.63, 3.8) is 0 Å². The molecule has 1 aliphatic heterocycles. The number of nitriles is 1. The quantitative estimate of drug-likeness (QED) is 0.616. The van der Waals surface area contributed by atoms with Crippen LogP contribution in [0.15, 0.2) is 52.4 Å². The number of rotatable bonds is 8. The van der Waals surface area contributed by atoms with E-state index < -0.39 is 20.0 Å². The van der Waals surface area contributed by atoms with Crippen molar-refractivity contribution < 1.29 is 16.8 Å². The normalized spacial score (nSPS) is 16.5. The maximum absolute atomic E-state index is 13.0. The van der Waals surface area contributed by atoms with Crippen LogP contribution in [0, 0.1) is 11.3 Å². The van der Waals surface area contributed by atoms with E-state index in [1.165, 1.54) is 28.7 Å². The molecule has 0 radical (unpaired) electrons. The Morgan fingerprint density at radius 3 is 2.38 bits per heavy atom. The summed E-state index contributed by atoms with van der Waals surface area (Å²) >= 11 is 0. The molecule has 2 aromatic rings. The molecule has 1 unspecified atom stereocenters. The van der Waals surface area contributed by atoms with Crippen LogP contribution in [0.4, 0.5) is 5.82 Å². The largest absolute Gasteiger partial charge is 0.354 e. The molecule has 0 aliphatic carbocycles. The topological polar surface area (TPSA) is 123 Å². The van der Waals surface area contributed by atoms with Gasteiger partial charge in [-0.15, -0.1) is 0 Å². The van der Waals surface area contributed by atoms with Crippen molar-refractivity contribution in [2.24, 2.45) is 0 Å². The summed E-state index contributed by atoms with van der Waals surface area (Å²) in [5, 5.41) is 9.23. The molecule has 1 aromatic carbocycles. The molecular formula is C21H27N5O4S2. The minimum atomic E-state index is -3.78. The van der Waals surface area contributed by atoms with Gasteiger partial charge < -0.3 is 4.90 Å². The van der Waals surface area contributed by atoms with Crippen molar-refractivity contribution >= 4 is 25.9 Å². The Labute approximate surface area is 189 Å². The van der Waals surface area contributed by atoms with Crippen LogP contribution in [0.25, 0.3) is 0 Å². The summed E-state index contributed by atoms with van der Waals surface area (Å²) in [7, 11) is -7.42. The zero-order valence-electron chi connectivity index (χ0n) is 18.1. The van der Waals surface area contributed by atoms with Crippen LogP contribution < -0.4 is 9.62 Å². The molecule has 1 aromatic heterocycles. The smallest absolute Gasteiger partial charge is 0.244 e. The third-order valence-corrected chi connectivity index (χ3v) is 8.83. The van der Waals surface area contributed by atoms with Gasteiger partial charge in [-0.1, -0.05) is 25.5 Å². The fourth-order valence-electron chi connectivity index (χ4n) is 3.62. The number of nitrogens with one attached hydrogen (secondary N) is 1. The SMILES string of the molecule is CCCC(C)NS(=O)(=O)c1ccc(N2CCN(S(=O)(=O)c3ccccc3C#N)CC2)nc1. The van der Waals surface area contributed by atoms with Gasteiger partial charge in [0, 0.05) is 38.4 Å². The van der Waals surface area contributed by atoms with E-state index in [1.54, 1.807) is 18.2 Å². The molecule has 1 atom stereocenters. The highest BCUT2D eigenvalue weighted by atomic mass is 32.2. The standard InChI is InChI=1S/C21H27N5O4S2/c1-3-6-17(2)24-31(27,28)19-9-10-21(23-16-19)25-11-13-26(14-12-25)32(29,30)20-8-5-4-7-18(20)15-22/h4-5,7-10,16-17,24H,3,6,11-14H2,1-2H3. The zero-order chi connectivity index (χ0) is 23.4. The molecule has 32 heavy (non-hydrogen) atoms. The average molecular weight is 478 g/mol. The fraction of sp³-hybridized carbons (Fsp3) is 0.429. The van der Waals surface area contributed by atoms with Crippen LogP contribution in [-0.4, -0.2) is 58.3 Å². The van der Waals surface area contributed by atoms with E-state index in [-0.39, 0.29) is 34.5 Å². The lowest BCUT2D eigenvalue weighted by Crippen LogP contribution is -2.49. The zero-order valence-corrected chi connectivity index (χ0v) is 19.7. The molecule has 0 spiro atoms. The Kier molecular flexibility index (Phi) is 7.51. The Hall–Kier alpha value is -2.52. The molecule has 1 fully saturated rings. The monoisotopic (exact) mass is 477 g/mol. The molecule has 1 N–H and O–H groups in total. The van der Waals surface area contributed by atoms with E-state index in [0.717, 1.165) is 12.8 Å². The summed E-state index contributed by atoms with van der Waals surface area (Å²) in [6, 6.07) is 11.1. The number of aromatic nitrogens is 1. The van der Waals surface area contributed by atoms with E-state index in [4.69, 9.17) is 0 Å². The highest BCUT2D eigenvalue weighted by molar-refractivity contribution is 7.89. The molecule has 3 rings (SSSR count). The Morgan fingerprint density at radius 2 is 1.78 bits per heavy atom. The third kappa shape index (κ3) is 5.27. The van der Waals surface area contributed by atoms with Gasteiger partial charge in [-0.05, 0) is 37.6 Å². The van der Waals surface area contributed by atoms with Gasteiger partial charge in [0.05, 0.1) is 10.5 Å². The second-order valence-corrected chi connectivity index (χ2v) is 11.3. The molecule has 1 aliphatic rings. The van der Waals surface area contributed by atoms with Crippen LogP contribution in [0.5, 0.6) is 0 Å². The molecule has 172 valence electrons. The predicted octanol–water partition coefficient (Wildman–Crippen LogP) is 1.93. The van der Waals surface area contributed by atoms with Crippen molar-refractivity contribution in [2.75, 3.05) is 31.1 Å². The summed E-state index contributed by atoms with van der Waals surface area (Å²) in [5.74, 6) is 0.583.